The number of nitrogens with one attached hydrogen (secondary N) is 1. The number of methoxy groups -OCH3 is 1. The number of aliphatic imine (C=N–C) groups is 1. The number of benzene rings is 2. The Labute approximate surface area is 337 Å². The zero-order chi connectivity index (χ0) is 42.8. The molecule has 2 amide bonds. The summed E-state index contributed by atoms with van der Waals surface area (Å²) in [5.74, 6) is -4.37. The number of guanidine groups is 1. The molecule has 19 nitrogen and oxygen atoms in total. The number of hydrogen-bond acceptors (Lipinski definition) is 16. The number of phenolic OH excluding ortho intramolecular Hbond substituents is 1. The van der Waals surface area contributed by atoms with Gasteiger partial charge in [0.1, 0.15) is 47.0 Å². The summed E-state index contributed by atoms with van der Waals surface area (Å²) >= 11 is 0. The Morgan fingerprint density at radius 1 is 1.05 bits per heavy atom. The number of aliphatic hydroxyl groups excluding tert-OH is 4. The number of amides is 2. The molecule has 0 saturated carbocycles. The molecule has 3 heterocycles. The highest BCUT2D eigenvalue weighted by atomic mass is 16.7. The molecule has 6 rings (SSSR count). The fourth-order valence-electron chi connectivity index (χ4n) is 7.67. The summed E-state index contributed by atoms with van der Waals surface area (Å²) in [6.07, 6.45) is -3.45. The maximum absolute atomic E-state index is 14.5. The number of pyridine rings is 1. The minimum absolute atomic E-state index is 0.0481. The van der Waals surface area contributed by atoms with E-state index in [9.17, 15) is 49.8 Å². The quantitative estimate of drug-likeness (QED) is 0.0305. The number of nitrogen functional groups attached to an aromatic ring is 1. The number of carbonyl (C=O) groups excluding carboxylic acids is 4. The van der Waals surface area contributed by atoms with Crippen molar-refractivity contribution in [2.24, 2.45) is 10.7 Å². The third kappa shape index (κ3) is 8.20. The number of unbranched alkanes of at least 4 members (excludes halogenated alkanes) is 1. The molecule has 0 spiro atoms. The van der Waals surface area contributed by atoms with Crippen LogP contribution in [0.5, 0.6) is 17.2 Å². The van der Waals surface area contributed by atoms with Crippen LogP contribution < -0.4 is 26.3 Å². The molecule has 314 valence electrons. The second-order valence-electron chi connectivity index (χ2n) is 14.4. The van der Waals surface area contributed by atoms with Crippen LogP contribution in [0.3, 0.4) is 0 Å². The van der Waals surface area contributed by atoms with Gasteiger partial charge >= 0.3 is 0 Å². The van der Waals surface area contributed by atoms with Crippen molar-refractivity contribution in [2.45, 2.75) is 68.3 Å². The number of aryl methyl sites for hydroxylation is 1. The normalized spacial score (nSPS) is 23.3. The van der Waals surface area contributed by atoms with Gasteiger partial charge in [-0.1, -0.05) is 0 Å². The molecule has 11 N–H and O–H groups in total. The Morgan fingerprint density at radius 2 is 1.76 bits per heavy atom. The summed E-state index contributed by atoms with van der Waals surface area (Å²) < 4.78 is 17.4. The number of nitrogens with zero attached hydrogens (tertiary/aromatic N) is 3. The molecule has 6 atom stereocenters. The van der Waals surface area contributed by atoms with Gasteiger partial charge in [0.25, 0.3) is 11.8 Å². The fraction of sp³-hybridized carbons (Fsp3) is 0.400. The van der Waals surface area contributed by atoms with Crippen LogP contribution >= 0.6 is 0 Å². The minimum Gasteiger partial charge on any atom is -0.507 e. The van der Waals surface area contributed by atoms with Crippen LogP contribution in [0.4, 0.5) is 5.82 Å². The Bertz CT molecular complexity index is 2190. The Balaban J connectivity index is 1.35. The molecular formula is C40H46N6O13. The number of ether oxygens (including phenoxy) is 3. The van der Waals surface area contributed by atoms with Gasteiger partial charge in [-0.15, -0.1) is 0 Å². The van der Waals surface area contributed by atoms with Crippen molar-refractivity contribution >= 4 is 35.2 Å². The third-order valence-electron chi connectivity index (χ3n) is 10.8. The van der Waals surface area contributed by atoms with E-state index in [4.69, 9.17) is 25.7 Å². The number of nitrogens with two attached hydrogens (primary N) is 2. The lowest BCUT2D eigenvalue weighted by Crippen LogP contribution is -2.68. The second kappa shape index (κ2) is 17.5. The van der Waals surface area contributed by atoms with E-state index in [1.165, 1.54) is 50.7 Å². The van der Waals surface area contributed by atoms with Crippen molar-refractivity contribution < 1.29 is 64.0 Å². The highest BCUT2D eigenvalue weighted by Crippen LogP contribution is 2.44. The Hall–Kier alpha value is -5.96. The van der Waals surface area contributed by atoms with Gasteiger partial charge in [-0.3, -0.25) is 29.1 Å². The van der Waals surface area contributed by atoms with Crippen molar-refractivity contribution in [3.05, 3.63) is 87.6 Å². The fourth-order valence-corrected chi connectivity index (χ4v) is 7.67. The van der Waals surface area contributed by atoms with E-state index in [-0.39, 0.29) is 70.8 Å². The molecule has 2 aliphatic heterocycles. The van der Waals surface area contributed by atoms with Crippen molar-refractivity contribution in [3.63, 3.8) is 0 Å². The van der Waals surface area contributed by atoms with Gasteiger partial charge in [-0.2, -0.15) is 0 Å². The summed E-state index contributed by atoms with van der Waals surface area (Å²) in [5.41, 5.74) is 9.54. The number of aliphatic hydroxyl groups is 5. The number of aromatic hydroxyl groups is 1. The van der Waals surface area contributed by atoms with E-state index in [1.807, 2.05) is 0 Å². The highest BCUT2D eigenvalue weighted by molar-refractivity contribution is 6.30. The molecule has 1 aliphatic carbocycles. The summed E-state index contributed by atoms with van der Waals surface area (Å²) in [6, 6.07) is 7.02. The van der Waals surface area contributed by atoms with Crippen molar-refractivity contribution in [1.29, 1.82) is 0 Å². The standard InChI is InChI=1S/C40H46N6O13/c1-43-39(42)45-16-25-20(5-3-4-10-47)11-23-32(34(25)52)35(53)31-24(33(23)51)13-22(57-2)14-26(31)58-38-36(54)37(55)40(56,27(18-48)59-38)15-21(19-8-9-44-28(41)12-19)17-46-29(49)6-7-30(46)50/h6-9,11-14,21,27,36-38,47-48,52,54-56H,3-5,10,15-18H2,1-2H3,(H2,41,44)(H3,42,43,45)/t21-,27-,36-,37-,38-,40-/m1/s1. The number of rotatable bonds is 15. The molecule has 59 heavy (non-hydrogen) atoms. The first-order valence-electron chi connectivity index (χ1n) is 18.7. The lowest BCUT2D eigenvalue weighted by atomic mass is 9.75. The zero-order valence-electron chi connectivity index (χ0n) is 32.2. The predicted molar refractivity (Wildman–Crippen MR) is 208 cm³/mol. The lowest BCUT2D eigenvalue weighted by molar-refractivity contribution is -0.315. The number of imide groups is 1. The number of fused-ring (bicyclic) bond motifs is 2. The summed E-state index contributed by atoms with van der Waals surface area (Å²) in [7, 11) is 2.76. The first-order valence-corrected chi connectivity index (χ1v) is 18.7. The largest absolute Gasteiger partial charge is 0.507 e. The molecular weight excluding hydrogens is 772 g/mol. The maximum atomic E-state index is 14.5. The number of carbonyl (C=O) groups is 4. The molecule has 0 unspecified atom stereocenters. The monoisotopic (exact) mass is 818 g/mol. The van der Waals surface area contributed by atoms with Gasteiger partial charge in [0.15, 0.2) is 11.7 Å². The Morgan fingerprint density at radius 3 is 2.41 bits per heavy atom. The van der Waals surface area contributed by atoms with Crippen LogP contribution in [-0.4, -0.2) is 134 Å². The predicted octanol–water partition coefficient (Wildman–Crippen LogP) is -0.850. The van der Waals surface area contributed by atoms with Crippen LogP contribution in [0.2, 0.25) is 0 Å². The molecule has 0 radical (unpaired) electrons. The third-order valence-corrected chi connectivity index (χ3v) is 10.8. The topological polar surface area (TPSA) is 310 Å². The summed E-state index contributed by atoms with van der Waals surface area (Å²) in [6.45, 7) is -1.38. The summed E-state index contributed by atoms with van der Waals surface area (Å²) in [4.78, 5) is 62.5. The van der Waals surface area contributed by atoms with Crippen LogP contribution in [0, 0.1) is 0 Å². The van der Waals surface area contributed by atoms with E-state index in [0.29, 0.717) is 30.4 Å². The molecule has 1 saturated heterocycles. The zero-order valence-corrected chi connectivity index (χ0v) is 32.2. The van der Waals surface area contributed by atoms with Crippen LogP contribution in [0.25, 0.3) is 0 Å². The average molecular weight is 819 g/mol. The first kappa shape index (κ1) is 42.6. The molecule has 19 heteroatoms. The lowest BCUT2D eigenvalue weighted by Gasteiger charge is -2.49. The SMILES string of the molecule is CN=C(N)NCc1c(CCCCO)cc2c(c1O)C(=O)c1c(O[C@@H]3O[C@H](CO)[C@](O)(C[C@H](CN4C(=O)C=CC4=O)c4ccnc(N)c4)[C@H](O)[C@H]3O)cc(OC)cc1C2=O. The molecule has 1 aromatic heterocycles. The number of anilines is 1. The van der Waals surface area contributed by atoms with Gasteiger partial charge in [-0.05, 0) is 61.1 Å². The van der Waals surface area contributed by atoms with Crippen LogP contribution in [-0.2, 0) is 27.3 Å². The van der Waals surface area contributed by atoms with Crippen molar-refractivity contribution in [2.75, 3.05) is 39.6 Å². The Kier molecular flexibility index (Phi) is 12.6. The van der Waals surface area contributed by atoms with Crippen molar-refractivity contribution in [1.82, 2.24) is 15.2 Å². The van der Waals surface area contributed by atoms with Gasteiger partial charge in [0.2, 0.25) is 12.1 Å². The molecule has 1 fully saturated rings. The van der Waals surface area contributed by atoms with E-state index in [2.05, 4.69) is 15.3 Å². The minimum atomic E-state index is -2.45. The number of phenols is 1. The van der Waals surface area contributed by atoms with E-state index in [1.54, 1.807) is 0 Å². The van der Waals surface area contributed by atoms with Crippen molar-refractivity contribution in [3.8, 4) is 17.2 Å². The van der Waals surface area contributed by atoms with Gasteiger partial charge < -0.3 is 61.6 Å². The first-order chi connectivity index (χ1) is 28.2. The highest BCUT2D eigenvalue weighted by Gasteiger charge is 2.56. The average Bonchev–Trinajstić information content (AvgIpc) is 3.54. The smallest absolute Gasteiger partial charge is 0.253 e. The van der Waals surface area contributed by atoms with E-state index < -0.39 is 78.3 Å². The number of ketones is 2. The van der Waals surface area contributed by atoms with Gasteiger partial charge in [-0.25, -0.2) is 4.98 Å². The number of hydrogen-bond donors (Lipinski definition) is 9. The molecule has 3 aromatic rings. The van der Waals surface area contributed by atoms with Gasteiger partial charge in [0, 0.05) is 73.8 Å². The molecule has 0 bridgehead atoms. The maximum Gasteiger partial charge on any atom is 0.253 e. The number of aromatic nitrogens is 1. The van der Waals surface area contributed by atoms with Crippen LogP contribution in [0.1, 0.15) is 73.7 Å². The summed E-state index contributed by atoms with van der Waals surface area (Å²) in [5, 5.41) is 69.6. The van der Waals surface area contributed by atoms with E-state index in [0.717, 1.165) is 17.1 Å². The molecule has 3 aliphatic rings. The molecule has 2 aromatic carbocycles. The van der Waals surface area contributed by atoms with Crippen LogP contribution in [0.15, 0.2) is 53.7 Å². The second-order valence-corrected chi connectivity index (χ2v) is 14.4. The van der Waals surface area contributed by atoms with E-state index >= 15 is 0 Å². The van der Waals surface area contributed by atoms with Gasteiger partial charge in [0.05, 0.1) is 24.8 Å².